The molecule has 0 aromatic heterocycles. The van der Waals surface area contributed by atoms with E-state index in [9.17, 15) is 13.2 Å². The van der Waals surface area contributed by atoms with Crippen molar-refractivity contribution in [2.24, 2.45) is 0 Å². The van der Waals surface area contributed by atoms with Crippen LogP contribution in [0.25, 0.3) is 0 Å². The molecular weight excluding hydrogens is 334 g/mol. The number of thioether (sulfide) groups is 1. The van der Waals surface area contributed by atoms with Crippen molar-refractivity contribution in [3.8, 4) is 0 Å². The van der Waals surface area contributed by atoms with Gasteiger partial charge in [0.2, 0.25) is 15.9 Å². The van der Waals surface area contributed by atoms with Crippen molar-refractivity contribution in [1.82, 2.24) is 14.5 Å². The van der Waals surface area contributed by atoms with Crippen molar-refractivity contribution in [3.05, 3.63) is 29.8 Å². The van der Waals surface area contributed by atoms with Gasteiger partial charge in [-0.1, -0.05) is 18.2 Å². The van der Waals surface area contributed by atoms with E-state index in [0.717, 1.165) is 17.2 Å². The Bertz CT molecular complexity index is 679. The van der Waals surface area contributed by atoms with Crippen molar-refractivity contribution in [2.75, 3.05) is 37.8 Å². The average molecular weight is 355 g/mol. The Hall–Kier alpha value is -1.09. The van der Waals surface area contributed by atoms with Gasteiger partial charge in [-0.2, -0.15) is 4.31 Å². The Labute approximate surface area is 141 Å². The van der Waals surface area contributed by atoms with E-state index in [-0.39, 0.29) is 11.9 Å². The maximum absolute atomic E-state index is 12.7. The van der Waals surface area contributed by atoms with Crippen molar-refractivity contribution in [3.63, 3.8) is 0 Å². The Kier molecular flexibility index (Phi) is 4.96. The zero-order valence-electron chi connectivity index (χ0n) is 13.1. The Balaban J connectivity index is 1.66. The van der Waals surface area contributed by atoms with E-state index in [1.165, 1.54) is 4.31 Å². The molecule has 126 valence electrons. The summed E-state index contributed by atoms with van der Waals surface area (Å²) in [5.41, 5.74) is 0.748. The second kappa shape index (κ2) is 6.80. The standard InChI is InChI=1S/C15H21N3O3S2/c1-12-4-2-3-5-14(12)23(20,21)18-8-6-17(7-9-18)15(19)13-10-22-11-16-13/h2-5,13,16H,6-11H2,1H3. The number of hydrogen-bond donors (Lipinski definition) is 1. The lowest BCUT2D eigenvalue weighted by atomic mass is 10.2. The van der Waals surface area contributed by atoms with Crippen LogP contribution in [-0.2, 0) is 14.8 Å². The smallest absolute Gasteiger partial charge is 0.243 e. The largest absolute Gasteiger partial charge is 0.339 e. The summed E-state index contributed by atoms with van der Waals surface area (Å²) >= 11 is 1.71. The first-order valence-electron chi connectivity index (χ1n) is 7.66. The minimum absolute atomic E-state index is 0.0861. The third-order valence-corrected chi connectivity index (χ3v) is 7.27. The van der Waals surface area contributed by atoms with Crippen LogP contribution >= 0.6 is 11.8 Å². The molecule has 0 saturated carbocycles. The Morgan fingerprint density at radius 1 is 1.22 bits per heavy atom. The number of nitrogens with zero attached hydrogens (tertiary/aromatic N) is 2. The van der Waals surface area contributed by atoms with E-state index < -0.39 is 10.0 Å². The molecule has 1 aromatic rings. The summed E-state index contributed by atoms with van der Waals surface area (Å²) in [5, 5.41) is 3.17. The normalized spacial score (nSPS) is 23.2. The molecule has 0 radical (unpaired) electrons. The number of hydrogen-bond acceptors (Lipinski definition) is 5. The molecule has 1 amide bonds. The molecule has 2 aliphatic heterocycles. The molecule has 1 unspecified atom stereocenters. The first kappa shape index (κ1) is 16.8. The van der Waals surface area contributed by atoms with Gasteiger partial charge in [-0.3, -0.25) is 10.1 Å². The summed E-state index contributed by atoms with van der Waals surface area (Å²) in [5.74, 6) is 1.68. The van der Waals surface area contributed by atoms with E-state index in [4.69, 9.17) is 0 Å². The van der Waals surface area contributed by atoms with E-state index in [2.05, 4.69) is 5.32 Å². The molecule has 2 aliphatic rings. The van der Waals surface area contributed by atoms with Gasteiger partial charge in [0.1, 0.15) is 0 Å². The molecule has 2 heterocycles. The highest BCUT2D eigenvalue weighted by Gasteiger charge is 2.33. The highest BCUT2D eigenvalue weighted by atomic mass is 32.2. The van der Waals surface area contributed by atoms with Crippen LogP contribution in [0.3, 0.4) is 0 Å². The minimum atomic E-state index is -3.49. The van der Waals surface area contributed by atoms with Gasteiger partial charge < -0.3 is 4.90 Å². The molecule has 1 N–H and O–H groups in total. The topological polar surface area (TPSA) is 69.7 Å². The zero-order valence-corrected chi connectivity index (χ0v) is 14.7. The molecule has 23 heavy (non-hydrogen) atoms. The second-order valence-electron chi connectivity index (χ2n) is 5.77. The van der Waals surface area contributed by atoms with Crippen LogP contribution in [-0.4, -0.2) is 67.4 Å². The van der Waals surface area contributed by atoms with Gasteiger partial charge in [0.15, 0.2) is 0 Å². The molecule has 0 aliphatic carbocycles. The number of aryl methyl sites for hydroxylation is 1. The van der Waals surface area contributed by atoms with Gasteiger partial charge in [-0.05, 0) is 18.6 Å². The van der Waals surface area contributed by atoms with E-state index in [0.29, 0.717) is 31.1 Å². The van der Waals surface area contributed by atoms with Gasteiger partial charge >= 0.3 is 0 Å². The molecular formula is C15H21N3O3S2. The van der Waals surface area contributed by atoms with E-state index in [1.54, 1.807) is 41.8 Å². The average Bonchev–Trinajstić information content (AvgIpc) is 3.09. The molecule has 8 heteroatoms. The van der Waals surface area contributed by atoms with Gasteiger partial charge in [0, 0.05) is 37.8 Å². The predicted octanol–water partition coefficient (Wildman–Crippen LogP) is 0.490. The van der Waals surface area contributed by atoms with Crippen LogP contribution in [0.2, 0.25) is 0 Å². The highest BCUT2D eigenvalue weighted by Crippen LogP contribution is 2.21. The quantitative estimate of drug-likeness (QED) is 0.855. The van der Waals surface area contributed by atoms with Crippen LogP contribution in [0, 0.1) is 6.92 Å². The summed E-state index contributed by atoms with van der Waals surface area (Å²) in [7, 11) is -3.49. The lowest BCUT2D eigenvalue weighted by molar-refractivity contribution is -0.133. The summed E-state index contributed by atoms with van der Waals surface area (Å²) in [4.78, 5) is 14.5. The molecule has 2 saturated heterocycles. The van der Waals surface area contributed by atoms with Gasteiger partial charge in [-0.15, -0.1) is 11.8 Å². The number of rotatable bonds is 3. The van der Waals surface area contributed by atoms with Crippen LogP contribution in [0.1, 0.15) is 5.56 Å². The van der Waals surface area contributed by atoms with Crippen LogP contribution in [0.5, 0.6) is 0 Å². The molecule has 3 rings (SSSR count). The number of nitrogens with one attached hydrogen (secondary N) is 1. The minimum Gasteiger partial charge on any atom is -0.339 e. The lowest BCUT2D eigenvalue weighted by Gasteiger charge is -2.35. The SMILES string of the molecule is Cc1ccccc1S(=O)(=O)N1CCN(C(=O)C2CSCN2)CC1. The lowest BCUT2D eigenvalue weighted by Crippen LogP contribution is -2.54. The number of carbonyl (C=O) groups is 1. The Morgan fingerprint density at radius 2 is 1.91 bits per heavy atom. The van der Waals surface area contributed by atoms with Gasteiger partial charge in [0.25, 0.3) is 0 Å². The number of carbonyl (C=O) groups excluding carboxylic acids is 1. The molecule has 1 atom stereocenters. The molecule has 6 nitrogen and oxygen atoms in total. The summed E-state index contributed by atoms with van der Waals surface area (Å²) < 4.78 is 27.0. The third-order valence-electron chi connectivity index (χ3n) is 4.28. The highest BCUT2D eigenvalue weighted by molar-refractivity contribution is 7.99. The first-order chi connectivity index (χ1) is 11.0. The van der Waals surface area contributed by atoms with Crippen molar-refractivity contribution in [1.29, 1.82) is 0 Å². The van der Waals surface area contributed by atoms with Crippen LogP contribution in [0.15, 0.2) is 29.2 Å². The molecule has 0 spiro atoms. The van der Waals surface area contributed by atoms with E-state index in [1.807, 2.05) is 6.07 Å². The van der Waals surface area contributed by atoms with Crippen molar-refractivity contribution in [2.45, 2.75) is 17.9 Å². The summed E-state index contributed by atoms with van der Waals surface area (Å²) in [6.45, 7) is 3.40. The van der Waals surface area contributed by atoms with Crippen LogP contribution in [0.4, 0.5) is 0 Å². The second-order valence-corrected chi connectivity index (χ2v) is 8.70. The maximum Gasteiger partial charge on any atom is 0.243 e. The molecule has 1 aromatic carbocycles. The van der Waals surface area contributed by atoms with Crippen molar-refractivity contribution < 1.29 is 13.2 Å². The Morgan fingerprint density at radius 3 is 2.52 bits per heavy atom. The van der Waals surface area contributed by atoms with Gasteiger partial charge in [0.05, 0.1) is 10.9 Å². The first-order valence-corrected chi connectivity index (χ1v) is 10.3. The summed E-state index contributed by atoms with van der Waals surface area (Å²) in [6.07, 6.45) is 0. The zero-order chi connectivity index (χ0) is 16.4. The van der Waals surface area contributed by atoms with Crippen molar-refractivity contribution >= 4 is 27.7 Å². The molecule has 2 fully saturated rings. The van der Waals surface area contributed by atoms with Crippen LogP contribution < -0.4 is 5.32 Å². The third kappa shape index (κ3) is 3.40. The predicted molar refractivity (Wildman–Crippen MR) is 90.8 cm³/mol. The van der Waals surface area contributed by atoms with E-state index >= 15 is 0 Å². The fraction of sp³-hybridized carbons (Fsp3) is 0.533. The monoisotopic (exact) mass is 355 g/mol. The maximum atomic E-state index is 12.7. The number of amides is 1. The van der Waals surface area contributed by atoms with Gasteiger partial charge in [-0.25, -0.2) is 8.42 Å². The summed E-state index contributed by atoms with van der Waals surface area (Å²) in [6, 6.07) is 6.89. The fourth-order valence-electron chi connectivity index (χ4n) is 2.91. The fourth-order valence-corrected chi connectivity index (χ4v) is 5.49. The number of benzene rings is 1. The number of sulfonamides is 1. The molecule has 0 bridgehead atoms. The number of piperazine rings is 1.